The maximum absolute atomic E-state index is 6.03. The molecule has 0 bridgehead atoms. The van der Waals surface area contributed by atoms with Crippen LogP contribution < -0.4 is 5.32 Å². The standard InChI is InChI=1S/C14H22ClN/c1-5-16-11(2)10-14(3,4)12-7-6-8-13(15)9-12/h6-9,11,16H,5,10H2,1-4H3. The summed E-state index contributed by atoms with van der Waals surface area (Å²) in [5, 5.41) is 4.27. The van der Waals surface area contributed by atoms with Crippen LogP contribution in [0.3, 0.4) is 0 Å². The van der Waals surface area contributed by atoms with Crippen molar-refractivity contribution in [2.75, 3.05) is 6.54 Å². The van der Waals surface area contributed by atoms with Crippen LogP contribution in [0.2, 0.25) is 5.02 Å². The molecule has 0 saturated heterocycles. The smallest absolute Gasteiger partial charge is 0.0408 e. The molecule has 0 radical (unpaired) electrons. The first kappa shape index (κ1) is 13.5. The van der Waals surface area contributed by atoms with Gasteiger partial charge < -0.3 is 5.32 Å². The number of benzene rings is 1. The van der Waals surface area contributed by atoms with E-state index in [-0.39, 0.29) is 5.41 Å². The molecule has 0 spiro atoms. The molecule has 0 fully saturated rings. The van der Waals surface area contributed by atoms with Crippen molar-refractivity contribution in [2.24, 2.45) is 0 Å². The molecule has 0 aliphatic heterocycles. The first-order valence-corrected chi connectivity index (χ1v) is 6.33. The molecule has 90 valence electrons. The molecule has 1 N–H and O–H groups in total. The van der Waals surface area contributed by atoms with Gasteiger partial charge in [-0.3, -0.25) is 0 Å². The zero-order chi connectivity index (χ0) is 12.2. The maximum atomic E-state index is 6.03. The van der Waals surface area contributed by atoms with E-state index in [1.807, 2.05) is 12.1 Å². The molecule has 2 heteroatoms. The van der Waals surface area contributed by atoms with E-state index in [4.69, 9.17) is 11.6 Å². The van der Waals surface area contributed by atoms with Gasteiger partial charge in [0, 0.05) is 11.1 Å². The Bertz CT molecular complexity index is 333. The van der Waals surface area contributed by atoms with E-state index in [9.17, 15) is 0 Å². The molecule has 1 nitrogen and oxygen atoms in total. The van der Waals surface area contributed by atoms with E-state index in [0.717, 1.165) is 18.0 Å². The van der Waals surface area contributed by atoms with E-state index in [2.05, 4.69) is 45.1 Å². The van der Waals surface area contributed by atoms with Crippen LogP contribution in [0, 0.1) is 0 Å². The summed E-state index contributed by atoms with van der Waals surface area (Å²) in [5.41, 5.74) is 1.47. The highest BCUT2D eigenvalue weighted by Gasteiger charge is 2.23. The molecule has 1 rings (SSSR count). The molecule has 0 aliphatic carbocycles. The van der Waals surface area contributed by atoms with Crippen molar-refractivity contribution < 1.29 is 0 Å². The van der Waals surface area contributed by atoms with Crippen molar-refractivity contribution in [1.82, 2.24) is 5.32 Å². The van der Waals surface area contributed by atoms with Crippen molar-refractivity contribution in [2.45, 2.75) is 45.6 Å². The highest BCUT2D eigenvalue weighted by Crippen LogP contribution is 2.29. The lowest BCUT2D eigenvalue weighted by Crippen LogP contribution is -2.33. The van der Waals surface area contributed by atoms with Crippen molar-refractivity contribution in [3.63, 3.8) is 0 Å². The van der Waals surface area contributed by atoms with Crippen molar-refractivity contribution in [3.8, 4) is 0 Å². The lowest BCUT2D eigenvalue weighted by atomic mass is 9.79. The minimum atomic E-state index is 0.159. The van der Waals surface area contributed by atoms with Crippen LogP contribution >= 0.6 is 11.6 Å². The Labute approximate surface area is 104 Å². The van der Waals surface area contributed by atoms with Crippen LogP contribution in [0.4, 0.5) is 0 Å². The predicted octanol–water partition coefficient (Wildman–Crippen LogP) is 4.01. The Kier molecular flexibility index (Phi) is 4.82. The second-order valence-corrected chi connectivity index (χ2v) is 5.49. The van der Waals surface area contributed by atoms with Gasteiger partial charge in [0.05, 0.1) is 0 Å². The van der Waals surface area contributed by atoms with Crippen LogP contribution in [-0.4, -0.2) is 12.6 Å². The van der Waals surface area contributed by atoms with Gasteiger partial charge in [0.1, 0.15) is 0 Å². The third-order valence-electron chi connectivity index (χ3n) is 2.98. The van der Waals surface area contributed by atoms with Gasteiger partial charge in [0.25, 0.3) is 0 Å². The lowest BCUT2D eigenvalue weighted by Gasteiger charge is -2.29. The Hall–Kier alpha value is -0.530. The maximum Gasteiger partial charge on any atom is 0.0408 e. The minimum absolute atomic E-state index is 0.159. The van der Waals surface area contributed by atoms with Gasteiger partial charge in [-0.25, -0.2) is 0 Å². The number of hydrogen-bond acceptors (Lipinski definition) is 1. The fourth-order valence-corrected chi connectivity index (χ4v) is 2.40. The fourth-order valence-electron chi connectivity index (χ4n) is 2.21. The average molecular weight is 240 g/mol. The summed E-state index contributed by atoms with van der Waals surface area (Å²) in [6.07, 6.45) is 1.11. The first-order valence-electron chi connectivity index (χ1n) is 5.95. The molecule has 16 heavy (non-hydrogen) atoms. The van der Waals surface area contributed by atoms with Gasteiger partial charge in [0.2, 0.25) is 0 Å². The molecule has 0 amide bonds. The summed E-state index contributed by atoms with van der Waals surface area (Å²) in [5.74, 6) is 0. The van der Waals surface area contributed by atoms with E-state index in [1.54, 1.807) is 0 Å². The number of hydrogen-bond donors (Lipinski definition) is 1. The summed E-state index contributed by atoms with van der Waals surface area (Å²) < 4.78 is 0. The first-order chi connectivity index (χ1) is 7.45. The van der Waals surface area contributed by atoms with E-state index in [0.29, 0.717) is 6.04 Å². The molecule has 0 heterocycles. The summed E-state index contributed by atoms with van der Waals surface area (Å²) in [4.78, 5) is 0. The minimum Gasteiger partial charge on any atom is -0.315 e. The number of rotatable bonds is 5. The summed E-state index contributed by atoms with van der Waals surface area (Å²) in [7, 11) is 0. The van der Waals surface area contributed by atoms with Gasteiger partial charge in [0.15, 0.2) is 0 Å². The molecule has 0 aromatic heterocycles. The Morgan fingerprint density at radius 2 is 2.06 bits per heavy atom. The molecular weight excluding hydrogens is 218 g/mol. The van der Waals surface area contributed by atoms with Gasteiger partial charge in [-0.15, -0.1) is 0 Å². The summed E-state index contributed by atoms with van der Waals surface area (Å²) in [6, 6.07) is 8.70. The predicted molar refractivity (Wildman–Crippen MR) is 72.2 cm³/mol. The third-order valence-corrected chi connectivity index (χ3v) is 3.21. The van der Waals surface area contributed by atoms with Gasteiger partial charge >= 0.3 is 0 Å². The molecule has 1 unspecified atom stereocenters. The fraction of sp³-hybridized carbons (Fsp3) is 0.571. The molecule has 1 aromatic carbocycles. The highest BCUT2D eigenvalue weighted by atomic mass is 35.5. The van der Waals surface area contributed by atoms with E-state index in [1.165, 1.54) is 5.56 Å². The normalized spacial score (nSPS) is 13.8. The zero-order valence-corrected chi connectivity index (χ0v) is 11.4. The molecular formula is C14H22ClN. The quantitative estimate of drug-likeness (QED) is 0.819. The van der Waals surface area contributed by atoms with Crippen LogP contribution in [0.1, 0.15) is 39.7 Å². The SMILES string of the molecule is CCNC(C)CC(C)(C)c1cccc(Cl)c1. The van der Waals surface area contributed by atoms with Crippen LogP contribution in [0.25, 0.3) is 0 Å². The highest BCUT2D eigenvalue weighted by molar-refractivity contribution is 6.30. The topological polar surface area (TPSA) is 12.0 Å². The molecule has 1 aromatic rings. The van der Waals surface area contributed by atoms with Gasteiger partial charge in [-0.2, -0.15) is 0 Å². The van der Waals surface area contributed by atoms with Gasteiger partial charge in [-0.05, 0) is 43.0 Å². The third kappa shape index (κ3) is 3.80. The Balaban J connectivity index is 2.76. The Morgan fingerprint density at radius 1 is 1.38 bits per heavy atom. The van der Waals surface area contributed by atoms with E-state index < -0.39 is 0 Å². The van der Waals surface area contributed by atoms with Crippen molar-refractivity contribution >= 4 is 11.6 Å². The van der Waals surface area contributed by atoms with Crippen molar-refractivity contribution in [1.29, 1.82) is 0 Å². The van der Waals surface area contributed by atoms with Crippen LogP contribution in [-0.2, 0) is 5.41 Å². The summed E-state index contributed by atoms with van der Waals surface area (Å²) in [6.45, 7) is 9.93. The average Bonchev–Trinajstić information content (AvgIpc) is 2.17. The molecule has 1 atom stereocenters. The van der Waals surface area contributed by atoms with Crippen LogP contribution in [0.15, 0.2) is 24.3 Å². The number of halogens is 1. The zero-order valence-electron chi connectivity index (χ0n) is 10.7. The van der Waals surface area contributed by atoms with Gasteiger partial charge in [-0.1, -0.05) is 44.5 Å². The Morgan fingerprint density at radius 3 is 2.62 bits per heavy atom. The summed E-state index contributed by atoms with van der Waals surface area (Å²) >= 11 is 6.03. The second kappa shape index (κ2) is 5.70. The molecule has 0 aliphatic rings. The second-order valence-electron chi connectivity index (χ2n) is 5.06. The van der Waals surface area contributed by atoms with E-state index >= 15 is 0 Å². The number of nitrogens with one attached hydrogen (secondary N) is 1. The lowest BCUT2D eigenvalue weighted by molar-refractivity contribution is 0.394. The van der Waals surface area contributed by atoms with Crippen LogP contribution in [0.5, 0.6) is 0 Å². The van der Waals surface area contributed by atoms with Crippen molar-refractivity contribution in [3.05, 3.63) is 34.9 Å². The molecule has 0 saturated carbocycles. The monoisotopic (exact) mass is 239 g/mol. The largest absolute Gasteiger partial charge is 0.315 e.